The van der Waals surface area contributed by atoms with E-state index < -0.39 is 0 Å². The monoisotopic (exact) mass is 172 g/mol. The minimum Gasteiger partial charge on any atom is -0.379 e. The minimum atomic E-state index is 0.458. The van der Waals surface area contributed by atoms with Crippen molar-refractivity contribution < 1.29 is 4.74 Å². The Morgan fingerprint density at radius 2 is 2.25 bits per heavy atom. The molecule has 0 amide bonds. The Labute approximate surface area is 74.9 Å². The van der Waals surface area contributed by atoms with Crippen molar-refractivity contribution in [1.29, 1.82) is 0 Å². The second-order valence-corrected chi connectivity index (χ2v) is 3.83. The molecule has 0 aromatic rings. The summed E-state index contributed by atoms with van der Waals surface area (Å²) in [4.78, 5) is 2.33. The smallest absolute Gasteiger partial charge is 0.0625 e. The van der Waals surface area contributed by atoms with Crippen molar-refractivity contribution >= 4 is 0 Å². The van der Waals surface area contributed by atoms with Gasteiger partial charge in [-0.25, -0.2) is 0 Å². The van der Waals surface area contributed by atoms with Gasteiger partial charge in [-0.15, -0.1) is 0 Å². The number of hydrogen-bond acceptors (Lipinski definition) is 3. The van der Waals surface area contributed by atoms with Crippen LogP contribution in [-0.2, 0) is 4.74 Å². The fraction of sp³-hybridized carbons (Fsp3) is 1.00. The maximum atomic E-state index is 5.60. The summed E-state index contributed by atoms with van der Waals surface area (Å²) in [5.74, 6) is 0.643. The van der Waals surface area contributed by atoms with Gasteiger partial charge in [-0.2, -0.15) is 0 Å². The molecule has 0 aliphatic carbocycles. The molecule has 1 aliphatic rings. The lowest BCUT2D eigenvalue weighted by atomic mass is 10.0. The largest absolute Gasteiger partial charge is 0.379 e. The molecule has 72 valence electrons. The molecule has 1 fully saturated rings. The summed E-state index contributed by atoms with van der Waals surface area (Å²) >= 11 is 0. The zero-order valence-electron chi connectivity index (χ0n) is 8.29. The van der Waals surface area contributed by atoms with E-state index >= 15 is 0 Å². The normalized spacial score (nSPS) is 32.8. The van der Waals surface area contributed by atoms with Gasteiger partial charge in [-0.1, -0.05) is 6.92 Å². The zero-order chi connectivity index (χ0) is 9.14. The van der Waals surface area contributed by atoms with Crippen molar-refractivity contribution in [1.82, 2.24) is 4.90 Å². The average Bonchev–Trinajstić information content (AvgIpc) is 2.48. The van der Waals surface area contributed by atoms with Crippen LogP contribution in [0.25, 0.3) is 0 Å². The molecule has 3 unspecified atom stereocenters. The lowest BCUT2D eigenvalue weighted by Gasteiger charge is -2.31. The van der Waals surface area contributed by atoms with Crippen LogP contribution in [0.4, 0.5) is 0 Å². The molecule has 0 bridgehead atoms. The second kappa shape index (κ2) is 4.21. The lowest BCUT2D eigenvalue weighted by molar-refractivity contribution is 0.137. The van der Waals surface area contributed by atoms with Gasteiger partial charge in [0, 0.05) is 18.6 Å². The van der Waals surface area contributed by atoms with E-state index in [1.54, 1.807) is 0 Å². The minimum absolute atomic E-state index is 0.458. The molecule has 1 saturated heterocycles. The molecule has 2 N–H and O–H groups in total. The number of rotatable bonds is 3. The number of ether oxygens (including phenoxy) is 1. The molecule has 0 aromatic heterocycles. The van der Waals surface area contributed by atoms with Gasteiger partial charge >= 0.3 is 0 Å². The number of hydrogen-bond donors (Lipinski definition) is 1. The number of likely N-dealkylation sites (N-methyl/N-ethyl adjacent to an activating group) is 1. The summed E-state index contributed by atoms with van der Waals surface area (Å²) in [6, 6.07) is 1.02. The fourth-order valence-electron chi connectivity index (χ4n) is 1.66. The summed E-state index contributed by atoms with van der Waals surface area (Å²) < 4.78 is 5.40. The van der Waals surface area contributed by atoms with E-state index in [1.165, 1.54) is 0 Å². The van der Waals surface area contributed by atoms with Crippen LogP contribution in [0.2, 0.25) is 0 Å². The Morgan fingerprint density at radius 1 is 1.58 bits per heavy atom. The number of nitrogens with zero attached hydrogens (tertiary/aromatic N) is 1. The van der Waals surface area contributed by atoms with E-state index in [2.05, 4.69) is 25.8 Å². The van der Waals surface area contributed by atoms with E-state index in [9.17, 15) is 0 Å². The molecule has 3 nitrogen and oxygen atoms in total. The van der Waals surface area contributed by atoms with E-state index in [0.29, 0.717) is 18.0 Å². The van der Waals surface area contributed by atoms with Crippen molar-refractivity contribution in [3.8, 4) is 0 Å². The number of nitrogens with two attached hydrogens (primary N) is 1. The maximum Gasteiger partial charge on any atom is 0.0625 e. The standard InChI is InChI=1S/C9H20N2O/c1-7-5-12-6-9(7)11(3)8(2)4-10/h7-9H,4-6,10H2,1-3H3. The van der Waals surface area contributed by atoms with E-state index in [4.69, 9.17) is 10.5 Å². The molecule has 0 saturated carbocycles. The van der Waals surface area contributed by atoms with Crippen LogP contribution >= 0.6 is 0 Å². The highest BCUT2D eigenvalue weighted by molar-refractivity contribution is 4.82. The van der Waals surface area contributed by atoms with Crippen molar-refractivity contribution in [2.45, 2.75) is 25.9 Å². The Hall–Kier alpha value is -0.120. The first kappa shape index (κ1) is 9.96. The quantitative estimate of drug-likeness (QED) is 0.665. The Balaban J connectivity index is 2.45. The maximum absolute atomic E-state index is 5.60. The predicted molar refractivity (Wildman–Crippen MR) is 50.1 cm³/mol. The SMILES string of the molecule is CC1COCC1N(C)C(C)CN. The zero-order valence-corrected chi connectivity index (χ0v) is 8.29. The molecule has 1 aliphatic heterocycles. The third-order valence-electron chi connectivity index (χ3n) is 2.89. The topological polar surface area (TPSA) is 38.5 Å². The van der Waals surface area contributed by atoms with E-state index in [-0.39, 0.29) is 0 Å². The Bertz CT molecular complexity index is 140. The van der Waals surface area contributed by atoms with Crippen LogP contribution in [0.1, 0.15) is 13.8 Å². The molecule has 0 radical (unpaired) electrons. The first-order valence-electron chi connectivity index (χ1n) is 4.66. The van der Waals surface area contributed by atoms with Crippen LogP contribution in [0.5, 0.6) is 0 Å². The molecule has 12 heavy (non-hydrogen) atoms. The fourth-order valence-corrected chi connectivity index (χ4v) is 1.66. The van der Waals surface area contributed by atoms with Crippen LogP contribution in [0, 0.1) is 5.92 Å². The molecule has 3 heteroatoms. The average molecular weight is 172 g/mol. The van der Waals surface area contributed by atoms with Gasteiger partial charge in [0.1, 0.15) is 0 Å². The summed E-state index contributed by atoms with van der Waals surface area (Å²) in [6.45, 7) is 6.87. The predicted octanol–water partition coefficient (Wildman–Crippen LogP) is 0.300. The van der Waals surface area contributed by atoms with Crippen LogP contribution in [0.15, 0.2) is 0 Å². The van der Waals surface area contributed by atoms with Gasteiger partial charge in [-0.05, 0) is 19.9 Å². The van der Waals surface area contributed by atoms with Gasteiger partial charge in [0.15, 0.2) is 0 Å². The molecular weight excluding hydrogens is 152 g/mol. The van der Waals surface area contributed by atoms with Gasteiger partial charge in [0.25, 0.3) is 0 Å². The van der Waals surface area contributed by atoms with Crippen molar-refractivity contribution in [2.75, 3.05) is 26.8 Å². The third kappa shape index (κ3) is 1.97. The second-order valence-electron chi connectivity index (χ2n) is 3.83. The van der Waals surface area contributed by atoms with Gasteiger partial charge in [-0.3, -0.25) is 4.90 Å². The van der Waals surface area contributed by atoms with Gasteiger partial charge in [0.2, 0.25) is 0 Å². The molecular formula is C9H20N2O. The third-order valence-corrected chi connectivity index (χ3v) is 2.89. The first-order chi connectivity index (χ1) is 5.66. The summed E-state index contributed by atoms with van der Waals surface area (Å²) in [5, 5.41) is 0. The highest BCUT2D eigenvalue weighted by atomic mass is 16.5. The summed E-state index contributed by atoms with van der Waals surface area (Å²) in [7, 11) is 2.13. The highest BCUT2D eigenvalue weighted by Crippen LogP contribution is 2.19. The van der Waals surface area contributed by atoms with Crippen molar-refractivity contribution in [3.05, 3.63) is 0 Å². The Kier molecular flexibility index (Phi) is 3.50. The van der Waals surface area contributed by atoms with Gasteiger partial charge < -0.3 is 10.5 Å². The van der Waals surface area contributed by atoms with Crippen molar-refractivity contribution in [2.24, 2.45) is 11.7 Å². The van der Waals surface area contributed by atoms with Crippen LogP contribution in [-0.4, -0.2) is 43.8 Å². The molecule has 0 aromatic carbocycles. The van der Waals surface area contributed by atoms with Crippen LogP contribution < -0.4 is 5.73 Å². The highest BCUT2D eigenvalue weighted by Gasteiger charge is 2.29. The van der Waals surface area contributed by atoms with Crippen LogP contribution in [0.3, 0.4) is 0 Å². The van der Waals surface area contributed by atoms with Crippen molar-refractivity contribution in [3.63, 3.8) is 0 Å². The Morgan fingerprint density at radius 3 is 2.67 bits per heavy atom. The van der Waals surface area contributed by atoms with E-state index in [1.807, 2.05) is 0 Å². The summed E-state index contributed by atoms with van der Waals surface area (Å²) in [6.07, 6.45) is 0. The first-order valence-corrected chi connectivity index (χ1v) is 4.66. The van der Waals surface area contributed by atoms with E-state index in [0.717, 1.165) is 19.8 Å². The lowest BCUT2D eigenvalue weighted by Crippen LogP contribution is -2.45. The molecule has 1 heterocycles. The van der Waals surface area contributed by atoms with Gasteiger partial charge in [0.05, 0.1) is 13.2 Å². The molecule has 1 rings (SSSR count). The molecule has 0 spiro atoms. The molecule has 3 atom stereocenters. The summed E-state index contributed by atoms with van der Waals surface area (Å²) in [5.41, 5.74) is 5.60.